The summed E-state index contributed by atoms with van der Waals surface area (Å²) in [4.78, 5) is 6.60. The lowest BCUT2D eigenvalue weighted by Crippen LogP contribution is -2.34. The summed E-state index contributed by atoms with van der Waals surface area (Å²) in [6.45, 7) is 6.16. The van der Waals surface area contributed by atoms with Crippen molar-refractivity contribution in [2.75, 3.05) is 11.9 Å². The molecule has 0 aliphatic heterocycles. The molecule has 0 aliphatic carbocycles. The monoisotopic (exact) mass is 323 g/mol. The number of aryl methyl sites for hydroxylation is 1. The van der Waals surface area contributed by atoms with Gasteiger partial charge in [-0.05, 0) is 18.8 Å². The Morgan fingerprint density at radius 3 is 2.65 bits per heavy atom. The van der Waals surface area contributed by atoms with Gasteiger partial charge in [0.1, 0.15) is 5.82 Å². The van der Waals surface area contributed by atoms with Crippen molar-refractivity contribution >= 4 is 26.0 Å². The third-order valence-electron chi connectivity index (χ3n) is 2.48. The highest BCUT2D eigenvalue weighted by Crippen LogP contribution is 2.20. The summed E-state index contributed by atoms with van der Waals surface area (Å²) < 4.78 is 26.4. The van der Waals surface area contributed by atoms with Gasteiger partial charge >= 0.3 is 0 Å². The molecule has 0 saturated heterocycles. The van der Waals surface area contributed by atoms with E-state index in [4.69, 9.17) is 0 Å². The molecule has 0 radical (unpaired) electrons. The van der Waals surface area contributed by atoms with E-state index in [1.165, 1.54) is 6.20 Å². The molecule has 0 saturated carbocycles. The van der Waals surface area contributed by atoms with Crippen LogP contribution in [0.4, 0.5) is 0 Å². The fourth-order valence-corrected chi connectivity index (χ4v) is 3.53. The molecule has 1 aromatic rings. The van der Waals surface area contributed by atoms with Gasteiger partial charge in [-0.25, -0.2) is 18.1 Å². The smallest absolute Gasteiger partial charge is 0.257 e. The van der Waals surface area contributed by atoms with E-state index in [0.29, 0.717) is 12.4 Å². The minimum Gasteiger partial charge on any atom is -0.332 e. The van der Waals surface area contributed by atoms with E-state index in [1.54, 1.807) is 6.92 Å². The number of sulfonamides is 1. The molecule has 0 amide bonds. The Bertz CT molecular complexity index is 468. The Kier molecular flexibility index (Phi) is 4.74. The maximum atomic E-state index is 11.9. The molecule has 0 bridgehead atoms. The number of aromatic amines is 1. The summed E-state index contributed by atoms with van der Waals surface area (Å²) in [6.07, 6.45) is 2.23. The lowest BCUT2D eigenvalue weighted by molar-refractivity contribution is 0.354. The van der Waals surface area contributed by atoms with Crippen LogP contribution in [0.1, 0.15) is 26.1 Å². The van der Waals surface area contributed by atoms with E-state index in [9.17, 15) is 8.42 Å². The Balaban J connectivity index is 2.69. The minimum atomic E-state index is -3.47. The molecule has 1 rings (SSSR count). The van der Waals surface area contributed by atoms with Gasteiger partial charge in [0.25, 0.3) is 10.0 Å². The van der Waals surface area contributed by atoms with Crippen molar-refractivity contribution in [1.82, 2.24) is 14.7 Å². The topological polar surface area (TPSA) is 74.8 Å². The zero-order chi connectivity index (χ0) is 13.1. The fourth-order valence-electron chi connectivity index (χ4n) is 1.25. The molecule has 0 spiro atoms. The van der Waals surface area contributed by atoms with Crippen molar-refractivity contribution in [2.45, 2.75) is 32.2 Å². The Morgan fingerprint density at radius 1 is 1.53 bits per heavy atom. The van der Waals surface area contributed by atoms with Crippen LogP contribution in [0.25, 0.3) is 0 Å². The number of hydrogen-bond donors (Lipinski definition) is 2. The van der Waals surface area contributed by atoms with Crippen LogP contribution in [0.2, 0.25) is 0 Å². The number of H-pyrrole nitrogens is 1. The number of rotatable bonds is 6. The average Bonchev–Trinajstić information content (AvgIpc) is 2.63. The first-order valence-electron chi connectivity index (χ1n) is 5.34. The molecule has 0 aliphatic rings. The van der Waals surface area contributed by atoms with Crippen molar-refractivity contribution in [1.29, 1.82) is 0 Å². The minimum absolute atomic E-state index is 0.0777. The molecule has 0 unspecified atom stereocenters. The van der Waals surface area contributed by atoms with Gasteiger partial charge in [-0.1, -0.05) is 29.8 Å². The highest BCUT2D eigenvalue weighted by Gasteiger charge is 2.22. The lowest BCUT2D eigenvalue weighted by Gasteiger charge is -2.23. The molecule has 17 heavy (non-hydrogen) atoms. The summed E-state index contributed by atoms with van der Waals surface area (Å²) in [5.74, 6) is 0.588. The number of nitrogens with one attached hydrogen (secondary N) is 2. The van der Waals surface area contributed by atoms with Crippen LogP contribution in [0.3, 0.4) is 0 Å². The second kappa shape index (κ2) is 5.49. The van der Waals surface area contributed by atoms with Crippen LogP contribution >= 0.6 is 15.9 Å². The SMILES string of the molecule is Cc1ncc(S(=O)(=O)NCC(C)(C)CCBr)[nH]1. The first-order chi connectivity index (χ1) is 7.77. The summed E-state index contributed by atoms with van der Waals surface area (Å²) in [5, 5.41) is 0.967. The van der Waals surface area contributed by atoms with Gasteiger partial charge in [0.2, 0.25) is 0 Å². The van der Waals surface area contributed by atoms with E-state index in [1.807, 2.05) is 13.8 Å². The molecule has 7 heteroatoms. The highest BCUT2D eigenvalue weighted by atomic mass is 79.9. The van der Waals surface area contributed by atoms with Crippen molar-refractivity contribution in [3.05, 3.63) is 12.0 Å². The number of aromatic nitrogens is 2. The normalized spacial score (nSPS) is 12.9. The molecule has 5 nitrogen and oxygen atoms in total. The van der Waals surface area contributed by atoms with Crippen LogP contribution in [0.15, 0.2) is 11.2 Å². The third kappa shape index (κ3) is 4.40. The zero-order valence-corrected chi connectivity index (χ0v) is 12.7. The summed E-state index contributed by atoms with van der Waals surface area (Å²) >= 11 is 3.36. The summed E-state index contributed by atoms with van der Waals surface area (Å²) in [7, 11) is -3.47. The largest absolute Gasteiger partial charge is 0.332 e. The van der Waals surface area contributed by atoms with Crippen molar-refractivity contribution < 1.29 is 8.42 Å². The molecular weight excluding hydrogens is 306 g/mol. The maximum absolute atomic E-state index is 11.9. The highest BCUT2D eigenvalue weighted by molar-refractivity contribution is 9.09. The van der Waals surface area contributed by atoms with E-state index in [0.717, 1.165) is 11.8 Å². The van der Waals surface area contributed by atoms with E-state index >= 15 is 0 Å². The molecule has 0 fully saturated rings. The van der Waals surface area contributed by atoms with Gasteiger partial charge in [-0.3, -0.25) is 0 Å². The second-order valence-corrected chi connectivity index (χ2v) is 7.29. The van der Waals surface area contributed by atoms with E-state index in [-0.39, 0.29) is 10.4 Å². The first kappa shape index (κ1) is 14.7. The predicted molar refractivity (Wildman–Crippen MR) is 70.7 cm³/mol. The average molecular weight is 324 g/mol. The van der Waals surface area contributed by atoms with Gasteiger partial charge in [0.05, 0.1) is 6.20 Å². The van der Waals surface area contributed by atoms with Gasteiger partial charge < -0.3 is 4.98 Å². The number of hydrogen-bond acceptors (Lipinski definition) is 3. The van der Waals surface area contributed by atoms with Crippen molar-refractivity contribution in [3.63, 3.8) is 0 Å². The van der Waals surface area contributed by atoms with Crippen LogP contribution in [0, 0.1) is 12.3 Å². The number of alkyl halides is 1. The third-order valence-corrected chi connectivity index (χ3v) is 4.19. The molecular formula is C10H18BrN3O2S. The van der Waals surface area contributed by atoms with Crippen LogP contribution in [-0.2, 0) is 10.0 Å². The number of nitrogens with zero attached hydrogens (tertiary/aromatic N) is 1. The molecule has 1 aromatic heterocycles. The standard InChI is InChI=1S/C10H18BrN3O2S/c1-8-12-6-9(14-8)17(15,16)13-7-10(2,3)4-5-11/h6,13H,4-5,7H2,1-3H3,(H,12,14). The van der Waals surface area contributed by atoms with Gasteiger partial charge in [-0.2, -0.15) is 0 Å². The fraction of sp³-hybridized carbons (Fsp3) is 0.700. The lowest BCUT2D eigenvalue weighted by atomic mass is 9.91. The molecule has 98 valence electrons. The number of imidazole rings is 1. The van der Waals surface area contributed by atoms with Crippen LogP contribution < -0.4 is 4.72 Å². The summed E-state index contributed by atoms with van der Waals surface area (Å²) in [6, 6.07) is 0. The van der Waals surface area contributed by atoms with Gasteiger partial charge in [0, 0.05) is 11.9 Å². The molecule has 1 heterocycles. The van der Waals surface area contributed by atoms with Crippen LogP contribution in [-0.4, -0.2) is 30.3 Å². The molecule has 0 atom stereocenters. The Labute approximate surface area is 111 Å². The summed E-state index contributed by atoms with van der Waals surface area (Å²) in [5.41, 5.74) is -0.0777. The second-order valence-electron chi connectivity index (χ2n) is 4.76. The first-order valence-corrected chi connectivity index (χ1v) is 7.94. The zero-order valence-electron chi connectivity index (χ0n) is 10.2. The maximum Gasteiger partial charge on any atom is 0.257 e. The van der Waals surface area contributed by atoms with Crippen molar-refractivity contribution in [3.8, 4) is 0 Å². The Morgan fingerprint density at radius 2 is 2.18 bits per heavy atom. The van der Waals surface area contributed by atoms with E-state index in [2.05, 4.69) is 30.6 Å². The van der Waals surface area contributed by atoms with Gasteiger partial charge in [0.15, 0.2) is 5.03 Å². The van der Waals surface area contributed by atoms with E-state index < -0.39 is 10.0 Å². The molecule has 0 aromatic carbocycles. The number of halogens is 1. The van der Waals surface area contributed by atoms with Crippen LogP contribution in [0.5, 0.6) is 0 Å². The molecule has 2 N–H and O–H groups in total. The van der Waals surface area contributed by atoms with Crippen molar-refractivity contribution in [2.24, 2.45) is 5.41 Å². The Hall–Kier alpha value is -0.400. The predicted octanol–water partition coefficient (Wildman–Crippen LogP) is 1.81. The quantitative estimate of drug-likeness (QED) is 0.784. The van der Waals surface area contributed by atoms with Gasteiger partial charge in [-0.15, -0.1) is 0 Å².